The van der Waals surface area contributed by atoms with Crippen LogP contribution < -0.4 is 4.90 Å². The summed E-state index contributed by atoms with van der Waals surface area (Å²) in [5.74, 6) is 0. The Balaban J connectivity index is 1.70. The molecule has 3 nitrogen and oxygen atoms in total. The van der Waals surface area contributed by atoms with Crippen molar-refractivity contribution in [2.24, 2.45) is 0 Å². The van der Waals surface area contributed by atoms with Crippen LogP contribution in [0.25, 0.3) is 0 Å². The van der Waals surface area contributed by atoms with Crippen molar-refractivity contribution in [3.63, 3.8) is 0 Å². The van der Waals surface area contributed by atoms with Crippen molar-refractivity contribution in [1.29, 1.82) is 0 Å². The van der Waals surface area contributed by atoms with Crippen LogP contribution in [0.1, 0.15) is 25.3 Å². The van der Waals surface area contributed by atoms with E-state index in [4.69, 9.17) is 0 Å². The maximum Gasteiger partial charge on any atom is 0.0423 e. The van der Waals surface area contributed by atoms with Gasteiger partial charge in [-0.05, 0) is 37.1 Å². The van der Waals surface area contributed by atoms with Crippen molar-refractivity contribution in [2.75, 3.05) is 50.7 Å². The normalized spacial score (nSPS) is 21.1. The van der Waals surface area contributed by atoms with Gasteiger partial charge in [0.05, 0.1) is 0 Å². The van der Waals surface area contributed by atoms with Crippen molar-refractivity contribution < 1.29 is 0 Å². The Morgan fingerprint density at radius 1 is 0.952 bits per heavy atom. The quantitative estimate of drug-likeness (QED) is 0.824. The van der Waals surface area contributed by atoms with Gasteiger partial charge in [0.1, 0.15) is 0 Å². The second-order valence-corrected chi connectivity index (χ2v) is 7.09. The summed E-state index contributed by atoms with van der Waals surface area (Å²) in [4.78, 5) is 7.71. The van der Waals surface area contributed by atoms with E-state index in [0.717, 1.165) is 6.54 Å². The molecule has 4 heteroatoms. The summed E-state index contributed by atoms with van der Waals surface area (Å²) in [5, 5.41) is 0. The van der Waals surface area contributed by atoms with Crippen LogP contribution in [-0.4, -0.2) is 55.6 Å². The van der Waals surface area contributed by atoms with Crippen molar-refractivity contribution in [3.05, 3.63) is 28.2 Å². The van der Waals surface area contributed by atoms with Crippen LogP contribution in [-0.2, 0) is 6.54 Å². The molecule has 0 amide bonds. The Morgan fingerprint density at radius 2 is 1.62 bits per heavy atom. The van der Waals surface area contributed by atoms with E-state index in [1.165, 1.54) is 74.4 Å². The molecule has 0 radical (unpaired) electrons. The van der Waals surface area contributed by atoms with Crippen molar-refractivity contribution in [2.45, 2.75) is 26.3 Å². The van der Waals surface area contributed by atoms with Gasteiger partial charge in [-0.3, -0.25) is 4.90 Å². The first-order chi connectivity index (χ1) is 10.3. The van der Waals surface area contributed by atoms with Gasteiger partial charge >= 0.3 is 0 Å². The Kier molecular flexibility index (Phi) is 5.19. The first kappa shape index (κ1) is 15.3. The lowest BCUT2D eigenvalue weighted by Gasteiger charge is -2.35. The summed E-state index contributed by atoms with van der Waals surface area (Å²) in [5.41, 5.74) is 2.94. The lowest BCUT2D eigenvalue weighted by molar-refractivity contribution is 0.132. The summed E-state index contributed by atoms with van der Waals surface area (Å²) in [7, 11) is 0. The van der Waals surface area contributed by atoms with Crippen LogP contribution in [0.15, 0.2) is 22.7 Å². The number of anilines is 1. The third-order valence-corrected chi connectivity index (χ3v) is 5.29. The summed E-state index contributed by atoms with van der Waals surface area (Å²) in [6.45, 7) is 11.8. The second kappa shape index (κ2) is 7.12. The number of likely N-dealkylation sites (N-methyl/N-ethyl adjacent to an activating group) is 1. The molecule has 0 aliphatic carbocycles. The molecule has 2 aliphatic rings. The third-order valence-electron chi connectivity index (χ3n) is 4.80. The first-order valence-corrected chi connectivity index (χ1v) is 9.03. The van der Waals surface area contributed by atoms with Gasteiger partial charge in [0, 0.05) is 56.0 Å². The highest BCUT2D eigenvalue weighted by Crippen LogP contribution is 2.29. The average Bonchev–Trinajstić information content (AvgIpc) is 3.04. The van der Waals surface area contributed by atoms with Gasteiger partial charge in [0.25, 0.3) is 0 Å². The van der Waals surface area contributed by atoms with Crippen molar-refractivity contribution in [1.82, 2.24) is 9.80 Å². The highest BCUT2D eigenvalue weighted by molar-refractivity contribution is 9.10. The standard InChI is InChI=1S/C17H26BrN3/c1-2-19-9-11-20(12-10-19)14-15-5-6-16(18)13-17(15)21-7-3-4-8-21/h5-6,13H,2-4,7-12,14H2,1H3. The SMILES string of the molecule is CCN1CCN(Cc2ccc(Br)cc2N2CCCC2)CC1. The summed E-state index contributed by atoms with van der Waals surface area (Å²) < 4.78 is 1.20. The topological polar surface area (TPSA) is 9.72 Å². The Labute approximate surface area is 137 Å². The number of benzene rings is 1. The fourth-order valence-electron chi connectivity index (χ4n) is 3.43. The molecule has 3 rings (SSSR count). The Bertz CT molecular complexity index is 463. The first-order valence-electron chi connectivity index (χ1n) is 8.24. The minimum absolute atomic E-state index is 1.09. The number of hydrogen-bond donors (Lipinski definition) is 0. The molecule has 21 heavy (non-hydrogen) atoms. The minimum Gasteiger partial charge on any atom is -0.371 e. The second-order valence-electron chi connectivity index (χ2n) is 6.18. The van der Waals surface area contributed by atoms with Crippen LogP contribution in [0.2, 0.25) is 0 Å². The number of nitrogens with zero attached hydrogens (tertiary/aromatic N) is 3. The van der Waals surface area contributed by atoms with Crippen LogP contribution in [0.5, 0.6) is 0 Å². The molecule has 0 bridgehead atoms. The van der Waals surface area contributed by atoms with Crippen molar-refractivity contribution in [3.8, 4) is 0 Å². The molecule has 0 aromatic heterocycles. The van der Waals surface area contributed by atoms with Gasteiger partial charge in [-0.2, -0.15) is 0 Å². The van der Waals surface area contributed by atoms with E-state index in [1.807, 2.05) is 0 Å². The third kappa shape index (κ3) is 3.79. The molecule has 1 aromatic rings. The van der Waals surface area contributed by atoms with Gasteiger partial charge < -0.3 is 9.80 Å². The molecule has 1 aromatic carbocycles. The highest BCUT2D eigenvalue weighted by Gasteiger charge is 2.20. The predicted molar refractivity (Wildman–Crippen MR) is 93.0 cm³/mol. The molecule has 0 spiro atoms. The van der Waals surface area contributed by atoms with E-state index in [1.54, 1.807) is 0 Å². The summed E-state index contributed by atoms with van der Waals surface area (Å²) in [6, 6.07) is 6.81. The lowest BCUT2D eigenvalue weighted by atomic mass is 10.1. The van der Waals surface area contributed by atoms with E-state index < -0.39 is 0 Å². The molecule has 2 saturated heterocycles. The number of halogens is 1. The molecule has 0 saturated carbocycles. The van der Waals surface area contributed by atoms with E-state index in [-0.39, 0.29) is 0 Å². The minimum atomic E-state index is 1.09. The zero-order chi connectivity index (χ0) is 14.7. The fraction of sp³-hybridized carbons (Fsp3) is 0.647. The monoisotopic (exact) mass is 351 g/mol. The Morgan fingerprint density at radius 3 is 2.29 bits per heavy atom. The summed E-state index contributed by atoms with van der Waals surface area (Å²) >= 11 is 3.64. The zero-order valence-corrected chi connectivity index (χ0v) is 14.6. The van der Waals surface area contributed by atoms with Crippen LogP contribution >= 0.6 is 15.9 Å². The van der Waals surface area contributed by atoms with Crippen LogP contribution in [0, 0.1) is 0 Å². The van der Waals surface area contributed by atoms with Crippen molar-refractivity contribution >= 4 is 21.6 Å². The van der Waals surface area contributed by atoms with Gasteiger partial charge in [-0.15, -0.1) is 0 Å². The molecule has 2 aliphatic heterocycles. The number of piperazine rings is 1. The molecule has 0 unspecified atom stereocenters. The number of rotatable bonds is 4. The maximum atomic E-state index is 3.64. The van der Waals surface area contributed by atoms with Crippen LogP contribution in [0.3, 0.4) is 0 Å². The van der Waals surface area contributed by atoms with Gasteiger partial charge in [0.15, 0.2) is 0 Å². The fourth-order valence-corrected chi connectivity index (χ4v) is 3.78. The lowest BCUT2D eigenvalue weighted by Crippen LogP contribution is -2.45. The molecule has 0 N–H and O–H groups in total. The Hall–Kier alpha value is -0.580. The maximum absolute atomic E-state index is 3.64. The number of hydrogen-bond acceptors (Lipinski definition) is 3. The average molecular weight is 352 g/mol. The zero-order valence-electron chi connectivity index (χ0n) is 13.0. The van der Waals surface area contributed by atoms with E-state index in [2.05, 4.69) is 55.8 Å². The van der Waals surface area contributed by atoms with Gasteiger partial charge in [-0.1, -0.05) is 28.9 Å². The summed E-state index contributed by atoms with van der Waals surface area (Å²) in [6.07, 6.45) is 2.67. The molecule has 2 heterocycles. The van der Waals surface area contributed by atoms with E-state index in [0.29, 0.717) is 0 Å². The predicted octanol–water partition coefficient (Wildman–Crippen LogP) is 3.19. The van der Waals surface area contributed by atoms with Gasteiger partial charge in [0.2, 0.25) is 0 Å². The van der Waals surface area contributed by atoms with E-state index >= 15 is 0 Å². The molecular formula is C17H26BrN3. The van der Waals surface area contributed by atoms with Gasteiger partial charge in [-0.25, -0.2) is 0 Å². The molecule has 0 atom stereocenters. The van der Waals surface area contributed by atoms with Crippen LogP contribution in [0.4, 0.5) is 5.69 Å². The highest BCUT2D eigenvalue weighted by atomic mass is 79.9. The smallest absolute Gasteiger partial charge is 0.0423 e. The largest absolute Gasteiger partial charge is 0.371 e. The molecule has 2 fully saturated rings. The molecular weight excluding hydrogens is 326 g/mol. The van der Waals surface area contributed by atoms with E-state index in [9.17, 15) is 0 Å². The molecule has 116 valence electrons.